The van der Waals surface area contributed by atoms with E-state index >= 15 is 0 Å². The lowest BCUT2D eigenvalue weighted by Crippen LogP contribution is -2.39. The first-order valence-corrected chi connectivity index (χ1v) is 7.66. The molecule has 8 heteroatoms. The summed E-state index contributed by atoms with van der Waals surface area (Å²) in [7, 11) is 0. The zero-order chi connectivity index (χ0) is 16.4. The van der Waals surface area contributed by atoms with Gasteiger partial charge < -0.3 is 10.6 Å². The summed E-state index contributed by atoms with van der Waals surface area (Å²) in [5, 5.41) is 6.88. The maximum absolute atomic E-state index is 12.7. The maximum atomic E-state index is 12.7. The number of nitrogens with zero attached hydrogens (tertiary/aromatic N) is 3. The highest BCUT2D eigenvalue weighted by atomic mass is 35.5. The van der Waals surface area contributed by atoms with Crippen LogP contribution in [0.2, 0.25) is 5.02 Å². The number of benzene rings is 1. The topological polar surface area (TPSA) is 86.2 Å². The quantitative estimate of drug-likeness (QED) is 0.822. The molecule has 2 aliphatic heterocycles. The molecule has 120 valence electrons. The van der Waals surface area contributed by atoms with Crippen molar-refractivity contribution in [2.24, 2.45) is 9.98 Å². The molecule has 0 atom stereocenters. The lowest BCUT2D eigenvalue weighted by Gasteiger charge is -2.15. The Kier molecular flexibility index (Phi) is 4.29. The van der Waals surface area contributed by atoms with Crippen molar-refractivity contribution in [2.45, 2.75) is 13.3 Å². The van der Waals surface area contributed by atoms with E-state index in [9.17, 15) is 9.59 Å². The Morgan fingerprint density at radius 1 is 1.30 bits per heavy atom. The van der Waals surface area contributed by atoms with E-state index in [1.165, 1.54) is 11.8 Å². The molecule has 3 rings (SSSR count). The number of carbonyl (C=O) groups excluding carboxylic acids is 2. The van der Waals surface area contributed by atoms with Gasteiger partial charge in [0.1, 0.15) is 5.36 Å². The Labute approximate surface area is 137 Å². The van der Waals surface area contributed by atoms with Crippen LogP contribution in [0.15, 0.2) is 28.5 Å². The maximum Gasteiger partial charge on any atom is 0.261 e. The molecule has 0 unspecified atom stereocenters. The van der Waals surface area contributed by atoms with Crippen molar-refractivity contribution < 1.29 is 9.59 Å². The minimum atomic E-state index is -0.251. The predicted molar refractivity (Wildman–Crippen MR) is 85.7 cm³/mol. The molecule has 1 aromatic carbocycles. The Balaban J connectivity index is 2.21. The van der Waals surface area contributed by atoms with Gasteiger partial charge in [0.15, 0.2) is 0 Å². The first-order chi connectivity index (χ1) is 11.1. The third kappa shape index (κ3) is 3.05. The molecule has 7 nitrogen and oxygen atoms in total. The van der Waals surface area contributed by atoms with Gasteiger partial charge in [0.25, 0.3) is 5.91 Å². The molecule has 2 N–H and O–H groups in total. The Morgan fingerprint density at radius 2 is 2.04 bits per heavy atom. The van der Waals surface area contributed by atoms with Gasteiger partial charge in [0.2, 0.25) is 5.91 Å². The van der Waals surface area contributed by atoms with Gasteiger partial charge in [-0.1, -0.05) is 11.6 Å². The zero-order valence-corrected chi connectivity index (χ0v) is 13.4. The van der Waals surface area contributed by atoms with Gasteiger partial charge in [-0.3, -0.25) is 24.5 Å². The van der Waals surface area contributed by atoms with E-state index in [4.69, 9.17) is 11.6 Å². The second-order valence-electron chi connectivity index (χ2n) is 5.23. The monoisotopic (exact) mass is 333 g/mol. The van der Waals surface area contributed by atoms with E-state index < -0.39 is 0 Å². The van der Waals surface area contributed by atoms with Crippen LogP contribution in [-0.2, 0) is 4.79 Å². The van der Waals surface area contributed by atoms with Gasteiger partial charge in [-0.25, -0.2) is 0 Å². The Morgan fingerprint density at radius 3 is 2.70 bits per heavy atom. The highest BCUT2D eigenvalue weighted by Gasteiger charge is 2.22. The number of nitrogens with one attached hydrogen (secondary N) is 2. The second-order valence-corrected chi connectivity index (χ2v) is 5.64. The minimum Gasteiger partial charge on any atom is -0.372 e. The first-order valence-electron chi connectivity index (χ1n) is 7.28. The van der Waals surface area contributed by atoms with Crippen LogP contribution in [0.4, 0.5) is 5.69 Å². The molecule has 0 radical (unpaired) electrons. The normalized spacial score (nSPS) is 15.8. The number of amides is 2. The van der Waals surface area contributed by atoms with E-state index in [0.29, 0.717) is 41.7 Å². The Bertz CT molecular complexity index is 818. The number of rotatable bonds is 2. The minimum absolute atomic E-state index is 0.209. The van der Waals surface area contributed by atoms with Gasteiger partial charge in [-0.05, 0) is 12.5 Å². The van der Waals surface area contributed by atoms with Crippen molar-refractivity contribution in [1.82, 2.24) is 10.2 Å². The summed E-state index contributed by atoms with van der Waals surface area (Å²) in [5.41, 5.74) is 0.796. The molecule has 2 amide bonds. The van der Waals surface area contributed by atoms with E-state index in [1.807, 2.05) is 0 Å². The van der Waals surface area contributed by atoms with Gasteiger partial charge in [-0.15, -0.1) is 0 Å². The third-order valence-corrected chi connectivity index (χ3v) is 3.81. The van der Waals surface area contributed by atoms with E-state index in [1.54, 1.807) is 18.5 Å². The number of halogens is 1. The lowest BCUT2D eigenvalue weighted by atomic mass is 10.1. The molecular weight excluding hydrogens is 318 g/mol. The molecule has 0 bridgehead atoms. The first kappa shape index (κ1) is 15.5. The molecule has 23 heavy (non-hydrogen) atoms. The number of anilines is 1. The molecule has 0 aliphatic carbocycles. The molecular formula is C15H16ClN5O2. The summed E-state index contributed by atoms with van der Waals surface area (Å²) >= 11 is 6.29. The summed E-state index contributed by atoms with van der Waals surface area (Å²) in [4.78, 5) is 34.6. The molecule has 0 spiro atoms. The fourth-order valence-corrected chi connectivity index (χ4v) is 2.74. The van der Waals surface area contributed by atoms with Crippen LogP contribution in [-0.4, -0.2) is 36.5 Å². The van der Waals surface area contributed by atoms with Crippen LogP contribution in [0, 0.1) is 0 Å². The third-order valence-electron chi connectivity index (χ3n) is 3.51. The van der Waals surface area contributed by atoms with Crippen molar-refractivity contribution in [3.8, 4) is 0 Å². The van der Waals surface area contributed by atoms with Gasteiger partial charge in [0, 0.05) is 32.4 Å². The van der Waals surface area contributed by atoms with Crippen LogP contribution >= 0.6 is 11.6 Å². The SMILES string of the molecule is CC(=O)Nc1c(Cl)cc(C(=O)N2C=CNC2)c2c1=NCCCN=2. The van der Waals surface area contributed by atoms with Crippen LogP contribution in [0.25, 0.3) is 0 Å². The average molecular weight is 334 g/mol. The lowest BCUT2D eigenvalue weighted by molar-refractivity contribution is -0.114. The Hall–Kier alpha value is -2.41. The molecule has 0 saturated carbocycles. The van der Waals surface area contributed by atoms with Crippen LogP contribution < -0.4 is 21.3 Å². The summed E-state index contributed by atoms with van der Waals surface area (Å²) in [6.45, 7) is 2.94. The standard InChI is InChI=1S/C15H16ClN5O2/c1-9(22)20-13-11(16)7-10(15(23)21-6-5-17-8-21)12-14(13)19-4-2-3-18-12/h5-7,17H,2-4,8H2,1H3,(H,20,22). The highest BCUT2D eigenvalue weighted by molar-refractivity contribution is 6.34. The highest BCUT2D eigenvalue weighted by Crippen LogP contribution is 2.19. The van der Waals surface area contributed by atoms with E-state index in [-0.39, 0.29) is 16.8 Å². The fourth-order valence-electron chi connectivity index (χ4n) is 2.49. The molecule has 1 aromatic rings. The van der Waals surface area contributed by atoms with Crippen LogP contribution in [0.3, 0.4) is 0 Å². The van der Waals surface area contributed by atoms with Crippen molar-refractivity contribution in [3.05, 3.63) is 39.8 Å². The van der Waals surface area contributed by atoms with Crippen molar-refractivity contribution in [3.63, 3.8) is 0 Å². The van der Waals surface area contributed by atoms with Crippen molar-refractivity contribution in [1.29, 1.82) is 0 Å². The summed E-state index contributed by atoms with van der Waals surface area (Å²) in [6, 6.07) is 1.55. The van der Waals surface area contributed by atoms with Crippen LogP contribution in [0.5, 0.6) is 0 Å². The van der Waals surface area contributed by atoms with Gasteiger partial charge >= 0.3 is 0 Å². The largest absolute Gasteiger partial charge is 0.372 e. The molecule has 0 aromatic heterocycles. The number of carbonyl (C=O) groups is 2. The average Bonchev–Trinajstić information content (AvgIpc) is 2.94. The van der Waals surface area contributed by atoms with Gasteiger partial charge in [0.05, 0.1) is 28.3 Å². The fraction of sp³-hybridized carbons (Fsp3) is 0.333. The summed E-state index contributed by atoms with van der Waals surface area (Å²) < 4.78 is 0. The second kappa shape index (κ2) is 6.37. The summed E-state index contributed by atoms with van der Waals surface area (Å²) in [6.07, 6.45) is 4.15. The number of fused-ring (bicyclic) bond motifs is 1. The molecule has 0 saturated heterocycles. The van der Waals surface area contributed by atoms with Crippen LogP contribution in [0.1, 0.15) is 23.7 Å². The zero-order valence-electron chi connectivity index (χ0n) is 12.6. The summed E-state index contributed by atoms with van der Waals surface area (Å²) in [5.74, 6) is -0.459. The molecule has 2 heterocycles. The number of hydrogen-bond donors (Lipinski definition) is 2. The van der Waals surface area contributed by atoms with Crippen molar-refractivity contribution in [2.75, 3.05) is 25.1 Å². The van der Waals surface area contributed by atoms with Gasteiger partial charge in [-0.2, -0.15) is 0 Å². The molecule has 0 fully saturated rings. The molecule has 2 aliphatic rings. The van der Waals surface area contributed by atoms with E-state index in [0.717, 1.165) is 6.42 Å². The smallest absolute Gasteiger partial charge is 0.261 e. The number of hydrogen-bond acceptors (Lipinski definition) is 5. The predicted octanol–water partition coefficient (Wildman–Crippen LogP) is 0.415. The van der Waals surface area contributed by atoms with Crippen molar-refractivity contribution >= 4 is 29.1 Å². The van der Waals surface area contributed by atoms with E-state index in [2.05, 4.69) is 20.6 Å².